The van der Waals surface area contributed by atoms with E-state index in [-0.39, 0.29) is 18.0 Å². The van der Waals surface area contributed by atoms with E-state index in [4.69, 9.17) is 13.9 Å². The summed E-state index contributed by atoms with van der Waals surface area (Å²) in [7, 11) is 1.45. The molecule has 2 aliphatic rings. The molecule has 1 aliphatic carbocycles. The Labute approximate surface area is 183 Å². The van der Waals surface area contributed by atoms with Gasteiger partial charge in [0, 0.05) is 24.4 Å². The van der Waals surface area contributed by atoms with Crippen LogP contribution in [0.3, 0.4) is 0 Å². The standard InChI is InChI=1S/C25H33NO5/c1-25(2,3)31-24(28)26-11-9-17(10-12-26)21-14-19-8-7-18(13-22(19)30-21)20(16-5-6-16)15-23(27)29-4/h7-8,13-14,16-17,20H,5-6,9-12,15H2,1-4H3. The highest BCUT2D eigenvalue weighted by Crippen LogP contribution is 2.45. The number of carbonyl (C=O) groups is 2. The molecule has 31 heavy (non-hydrogen) atoms. The lowest BCUT2D eigenvalue weighted by atomic mass is 9.90. The van der Waals surface area contributed by atoms with Crippen LogP contribution in [0, 0.1) is 5.92 Å². The molecule has 0 N–H and O–H groups in total. The van der Waals surface area contributed by atoms with Crippen molar-refractivity contribution in [2.45, 2.75) is 70.3 Å². The van der Waals surface area contributed by atoms with Crippen LogP contribution in [0.4, 0.5) is 4.79 Å². The van der Waals surface area contributed by atoms with Crippen molar-refractivity contribution in [1.29, 1.82) is 0 Å². The van der Waals surface area contributed by atoms with Gasteiger partial charge in [-0.25, -0.2) is 4.79 Å². The fourth-order valence-electron chi connectivity index (χ4n) is 4.49. The molecule has 0 spiro atoms. The van der Waals surface area contributed by atoms with E-state index >= 15 is 0 Å². The molecule has 2 aromatic rings. The number of amides is 1. The second-order valence-electron chi connectivity index (χ2n) is 9.91. The Morgan fingerprint density at radius 3 is 2.45 bits per heavy atom. The molecule has 0 radical (unpaired) electrons. The lowest BCUT2D eigenvalue weighted by Gasteiger charge is -2.32. The van der Waals surface area contributed by atoms with Crippen LogP contribution in [0.2, 0.25) is 0 Å². The van der Waals surface area contributed by atoms with Gasteiger partial charge in [-0.2, -0.15) is 0 Å². The number of furan rings is 1. The minimum Gasteiger partial charge on any atom is -0.469 e. The number of hydrogen-bond acceptors (Lipinski definition) is 5. The van der Waals surface area contributed by atoms with Crippen molar-refractivity contribution >= 4 is 23.0 Å². The van der Waals surface area contributed by atoms with Crippen molar-refractivity contribution in [3.63, 3.8) is 0 Å². The Morgan fingerprint density at radius 1 is 1.13 bits per heavy atom. The minimum absolute atomic E-state index is 0.158. The van der Waals surface area contributed by atoms with Crippen LogP contribution in [-0.2, 0) is 14.3 Å². The highest BCUT2D eigenvalue weighted by atomic mass is 16.6. The number of methoxy groups -OCH3 is 1. The van der Waals surface area contributed by atoms with Crippen molar-refractivity contribution in [1.82, 2.24) is 4.90 Å². The summed E-state index contributed by atoms with van der Waals surface area (Å²) in [5.74, 6) is 1.87. The van der Waals surface area contributed by atoms with Crippen LogP contribution >= 0.6 is 0 Å². The maximum atomic E-state index is 12.3. The topological polar surface area (TPSA) is 69.0 Å². The van der Waals surface area contributed by atoms with Crippen LogP contribution in [0.5, 0.6) is 0 Å². The van der Waals surface area contributed by atoms with E-state index in [2.05, 4.69) is 24.3 Å². The third-order valence-corrected chi connectivity index (χ3v) is 6.35. The number of hydrogen-bond donors (Lipinski definition) is 0. The average Bonchev–Trinajstić information content (AvgIpc) is 3.48. The Morgan fingerprint density at radius 2 is 1.84 bits per heavy atom. The molecule has 1 atom stereocenters. The zero-order valence-corrected chi connectivity index (χ0v) is 19.0. The van der Waals surface area contributed by atoms with Crippen molar-refractivity contribution in [2.75, 3.05) is 20.2 Å². The van der Waals surface area contributed by atoms with Crippen LogP contribution in [0.1, 0.15) is 76.0 Å². The lowest BCUT2D eigenvalue weighted by Crippen LogP contribution is -2.41. The maximum Gasteiger partial charge on any atom is 0.410 e. The quantitative estimate of drug-likeness (QED) is 0.581. The van der Waals surface area contributed by atoms with Gasteiger partial charge in [-0.05, 0) is 76.0 Å². The molecule has 1 saturated carbocycles. The lowest BCUT2D eigenvalue weighted by molar-refractivity contribution is -0.141. The summed E-state index contributed by atoms with van der Waals surface area (Å²) >= 11 is 0. The first kappa shape index (κ1) is 21.7. The number of likely N-dealkylation sites (tertiary alicyclic amines) is 1. The monoisotopic (exact) mass is 427 g/mol. The minimum atomic E-state index is -0.476. The summed E-state index contributed by atoms with van der Waals surface area (Å²) in [6, 6.07) is 8.44. The zero-order valence-electron chi connectivity index (χ0n) is 19.0. The fourth-order valence-corrected chi connectivity index (χ4v) is 4.49. The highest BCUT2D eigenvalue weighted by Gasteiger charge is 2.34. The summed E-state index contributed by atoms with van der Waals surface area (Å²) in [5.41, 5.74) is 1.55. The molecule has 0 bridgehead atoms. The van der Waals surface area contributed by atoms with E-state index in [1.165, 1.54) is 20.0 Å². The second kappa shape index (κ2) is 8.56. The van der Waals surface area contributed by atoms with E-state index in [1.54, 1.807) is 4.90 Å². The average molecular weight is 428 g/mol. The molecule has 1 aliphatic heterocycles. The zero-order chi connectivity index (χ0) is 22.2. The molecule has 6 heteroatoms. The summed E-state index contributed by atoms with van der Waals surface area (Å²) < 4.78 is 16.7. The van der Waals surface area contributed by atoms with Crippen molar-refractivity contribution < 1.29 is 23.5 Å². The Balaban J connectivity index is 1.44. The van der Waals surface area contributed by atoms with Crippen LogP contribution < -0.4 is 0 Å². The summed E-state index contributed by atoms with van der Waals surface area (Å²) in [6.45, 7) is 7.01. The molecule has 2 fully saturated rings. The first-order valence-corrected chi connectivity index (χ1v) is 11.3. The molecule has 1 aromatic heterocycles. The largest absolute Gasteiger partial charge is 0.469 e. The van der Waals surface area contributed by atoms with Gasteiger partial charge >= 0.3 is 12.1 Å². The van der Waals surface area contributed by atoms with Crippen molar-refractivity contribution in [2.24, 2.45) is 5.92 Å². The first-order chi connectivity index (χ1) is 14.7. The number of nitrogens with zero attached hydrogens (tertiary/aromatic N) is 1. The number of benzene rings is 1. The molecule has 1 saturated heterocycles. The Kier molecular flexibility index (Phi) is 6.00. The predicted molar refractivity (Wildman–Crippen MR) is 118 cm³/mol. The Bertz CT molecular complexity index is 944. The number of carbonyl (C=O) groups excluding carboxylic acids is 2. The van der Waals surface area contributed by atoms with Gasteiger partial charge in [0.2, 0.25) is 0 Å². The Hall–Kier alpha value is -2.50. The maximum absolute atomic E-state index is 12.3. The van der Waals surface area contributed by atoms with E-state index in [0.717, 1.165) is 35.1 Å². The van der Waals surface area contributed by atoms with Gasteiger partial charge in [0.05, 0.1) is 13.5 Å². The highest BCUT2D eigenvalue weighted by molar-refractivity contribution is 5.79. The van der Waals surface area contributed by atoms with Crippen LogP contribution in [0.15, 0.2) is 28.7 Å². The molecule has 2 heterocycles. The number of esters is 1. The van der Waals surface area contributed by atoms with Gasteiger partial charge in [0.25, 0.3) is 0 Å². The molecule has 1 aromatic carbocycles. The van der Waals surface area contributed by atoms with Gasteiger partial charge in [-0.3, -0.25) is 4.79 Å². The molecular weight excluding hydrogens is 394 g/mol. The number of rotatable bonds is 5. The van der Waals surface area contributed by atoms with Gasteiger partial charge in [0.1, 0.15) is 16.9 Å². The smallest absolute Gasteiger partial charge is 0.410 e. The van der Waals surface area contributed by atoms with Gasteiger partial charge in [-0.1, -0.05) is 12.1 Å². The molecule has 1 amide bonds. The second-order valence-corrected chi connectivity index (χ2v) is 9.91. The molecule has 4 rings (SSSR count). The molecule has 168 valence electrons. The first-order valence-electron chi connectivity index (χ1n) is 11.3. The molecule has 1 unspecified atom stereocenters. The SMILES string of the molecule is COC(=O)CC(c1ccc2cc(C3CCN(C(=O)OC(C)(C)C)CC3)oc2c1)C1CC1. The van der Waals surface area contributed by atoms with E-state index in [1.807, 2.05) is 20.8 Å². The van der Waals surface area contributed by atoms with E-state index in [9.17, 15) is 9.59 Å². The van der Waals surface area contributed by atoms with Gasteiger partial charge < -0.3 is 18.8 Å². The fraction of sp³-hybridized carbons (Fsp3) is 0.600. The van der Waals surface area contributed by atoms with Crippen molar-refractivity contribution in [3.8, 4) is 0 Å². The van der Waals surface area contributed by atoms with Gasteiger partial charge in [0.15, 0.2) is 0 Å². The van der Waals surface area contributed by atoms with E-state index in [0.29, 0.717) is 31.3 Å². The van der Waals surface area contributed by atoms with Gasteiger partial charge in [-0.15, -0.1) is 0 Å². The van der Waals surface area contributed by atoms with Crippen molar-refractivity contribution in [3.05, 3.63) is 35.6 Å². The molecule has 6 nitrogen and oxygen atoms in total. The predicted octanol–water partition coefficient (Wildman–Crippen LogP) is 5.60. The normalized spacial score (nSPS) is 18.8. The third kappa shape index (κ3) is 5.23. The van der Waals surface area contributed by atoms with Crippen LogP contribution in [-0.4, -0.2) is 42.8 Å². The summed E-state index contributed by atoms with van der Waals surface area (Å²) in [5, 5.41) is 1.08. The number of piperidine rings is 1. The number of ether oxygens (including phenoxy) is 2. The van der Waals surface area contributed by atoms with Crippen LogP contribution in [0.25, 0.3) is 11.0 Å². The van der Waals surface area contributed by atoms with E-state index < -0.39 is 5.60 Å². The third-order valence-electron chi connectivity index (χ3n) is 6.35. The molecular formula is C25H33NO5. The summed E-state index contributed by atoms with van der Waals surface area (Å²) in [4.78, 5) is 26.0. The summed E-state index contributed by atoms with van der Waals surface area (Å²) in [6.07, 6.45) is 4.23. The number of fused-ring (bicyclic) bond motifs is 1.